The number of hydrogen-bond donors (Lipinski definition) is 0. The van der Waals surface area contributed by atoms with E-state index >= 15 is 0 Å². The maximum Gasteiger partial charge on any atom is 0.228 e. The summed E-state index contributed by atoms with van der Waals surface area (Å²) in [4.78, 5) is 27.6. The third kappa shape index (κ3) is 3.67. The number of carbonyl (C=O) groups is 2. The molecule has 8 heteroatoms. The van der Waals surface area contributed by atoms with Crippen LogP contribution in [0.5, 0.6) is 0 Å². The highest BCUT2D eigenvalue weighted by Gasteiger charge is 2.36. The van der Waals surface area contributed by atoms with E-state index in [4.69, 9.17) is 0 Å². The number of rotatable bonds is 4. The highest BCUT2D eigenvalue weighted by atomic mass is 19.1. The predicted octanol–water partition coefficient (Wildman–Crippen LogP) is 1.71. The van der Waals surface area contributed by atoms with E-state index < -0.39 is 17.6 Å². The zero-order chi connectivity index (χ0) is 18.1. The molecule has 0 spiro atoms. The molecule has 1 aliphatic rings. The second-order valence-corrected chi connectivity index (χ2v) is 6.25. The van der Waals surface area contributed by atoms with Crippen molar-refractivity contribution in [3.05, 3.63) is 47.8 Å². The van der Waals surface area contributed by atoms with E-state index in [0.29, 0.717) is 6.54 Å². The van der Waals surface area contributed by atoms with Gasteiger partial charge in [-0.2, -0.15) is 5.10 Å². The summed E-state index contributed by atoms with van der Waals surface area (Å²) in [6.45, 7) is 0.490. The molecule has 1 aliphatic heterocycles. The molecule has 0 radical (unpaired) electrons. The molecule has 1 unspecified atom stereocenters. The Balaban J connectivity index is 1.69. The smallest absolute Gasteiger partial charge is 0.228 e. The van der Waals surface area contributed by atoms with Gasteiger partial charge >= 0.3 is 0 Å². The summed E-state index contributed by atoms with van der Waals surface area (Å²) in [5, 5.41) is 4.05. The van der Waals surface area contributed by atoms with Crippen LogP contribution in [0.1, 0.15) is 12.0 Å². The van der Waals surface area contributed by atoms with E-state index in [2.05, 4.69) is 5.10 Å². The van der Waals surface area contributed by atoms with Crippen LogP contribution in [0, 0.1) is 17.6 Å². The minimum Gasteiger partial charge on any atom is -0.341 e. The first kappa shape index (κ1) is 17.1. The van der Waals surface area contributed by atoms with Crippen molar-refractivity contribution in [3.8, 4) is 0 Å². The van der Waals surface area contributed by atoms with Gasteiger partial charge in [-0.15, -0.1) is 0 Å². The summed E-state index contributed by atoms with van der Waals surface area (Å²) in [6.07, 6.45) is 3.51. The Morgan fingerprint density at radius 2 is 2.00 bits per heavy atom. The molecular weight excluding hydrogens is 330 g/mol. The lowest BCUT2D eigenvalue weighted by molar-refractivity contribution is -0.135. The van der Waals surface area contributed by atoms with Crippen molar-refractivity contribution in [2.24, 2.45) is 13.0 Å². The van der Waals surface area contributed by atoms with Gasteiger partial charge in [0.2, 0.25) is 11.8 Å². The Morgan fingerprint density at radius 1 is 1.32 bits per heavy atom. The van der Waals surface area contributed by atoms with Crippen LogP contribution >= 0.6 is 0 Å². The SMILES string of the molecule is CN(Cc1cnn(C)c1)C(=O)C1CC(=O)N(c2cc(F)cc(F)c2)C1. The van der Waals surface area contributed by atoms with Gasteiger partial charge in [-0.05, 0) is 12.1 Å². The first-order valence-corrected chi connectivity index (χ1v) is 7.82. The van der Waals surface area contributed by atoms with Crippen molar-refractivity contribution < 1.29 is 18.4 Å². The molecule has 1 saturated heterocycles. The summed E-state index contributed by atoms with van der Waals surface area (Å²) < 4.78 is 28.4. The fourth-order valence-corrected chi connectivity index (χ4v) is 3.03. The fraction of sp³-hybridized carbons (Fsp3) is 0.353. The number of benzene rings is 1. The van der Waals surface area contributed by atoms with Gasteiger partial charge in [0, 0.05) is 57.1 Å². The molecule has 3 rings (SSSR count). The summed E-state index contributed by atoms with van der Waals surface area (Å²) in [7, 11) is 3.45. The zero-order valence-corrected chi connectivity index (χ0v) is 13.9. The van der Waals surface area contributed by atoms with Crippen molar-refractivity contribution in [1.82, 2.24) is 14.7 Å². The molecular formula is C17H18F2N4O2. The number of halogens is 2. The zero-order valence-electron chi connectivity index (χ0n) is 13.9. The van der Waals surface area contributed by atoms with Gasteiger partial charge in [-0.3, -0.25) is 14.3 Å². The van der Waals surface area contributed by atoms with Crippen molar-refractivity contribution >= 4 is 17.5 Å². The minimum atomic E-state index is -0.758. The van der Waals surface area contributed by atoms with Crippen molar-refractivity contribution in [3.63, 3.8) is 0 Å². The van der Waals surface area contributed by atoms with Crippen LogP contribution in [0.2, 0.25) is 0 Å². The predicted molar refractivity (Wildman–Crippen MR) is 86.5 cm³/mol. The Labute approximate surface area is 143 Å². The molecule has 25 heavy (non-hydrogen) atoms. The Bertz CT molecular complexity index is 800. The molecule has 2 heterocycles. The fourth-order valence-electron chi connectivity index (χ4n) is 3.03. The number of carbonyl (C=O) groups excluding carboxylic acids is 2. The van der Waals surface area contributed by atoms with Crippen LogP contribution in [0.15, 0.2) is 30.6 Å². The van der Waals surface area contributed by atoms with Crippen molar-refractivity contribution in [1.29, 1.82) is 0 Å². The summed E-state index contributed by atoms with van der Waals surface area (Å²) in [6, 6.07) is 2.93. The van der Waals surface area contributed by atoms with Gasteiger partial charge in [0.25, 0.3) is 0 Å². The molecule has 1 fully saturated rings. The molecule has 0 N–H and O–H groups in total. The van der Waals surface area contributed by atoms with Gasteiger partial charge in [-0.1, -0.05) is 0 Å². The third-order valence-corrected chi connectivity index (χ3v) is 4.19. The molecule has 1 atom stereocenters. The molecule has 2 amide bonds. The highest BCUT2D eigenvalue weighted by molar-refractivity contribution is 6.00. The first-order chi connectivity index (χ1) is 11.8. The quantitative estimate of drug-likeness (QED) is 0.845. The largest absolute Gasteiger partial charge is 0.341 e. The Morgan fingerprint density at radius 3 is 2.60 bits per heavy atom. The molecule has 1 aromatic carbocycles. The number of amides is 2. The maximum absolute atomic E-state index is 13.4. The third-order valence-electron chi connectivity index (χ3n) is 4.19. The lowest BCUT2D eigenvalue weighted by atomic mass is 10.1. The second-order valence-electron chi connectivity index (χ2n) is 6.25. The minimum absolute atomic E-state index is 0.0222. The summed E-state index contributed by atoms with van der Waals surface area (Å²) in [5.41, 5.74) is 1.01. The molecule has 6 nitrogen and oxygen atoms in total. The van der Waals surface area contributed by atoms with Crippen LogP contribution in [0.3, 0.4) is 0 Å². The molecule has 132 valence electrons. The lowest BCUT2D eigenvalue weighted by Gasteiger charge is -2.21. The first-order valence-electron chi connectivity index (χ1n) is 7.82. The van der Waals surface area contributed by atoms with E-state index in [1.807, 2.05) is 6.20 Å². The van der Waals surface area contributed by atoms with E-state index in [1.54, 1.807) is 25.0 Å². The monoisotopic (exact) mass is 348 g/mol. The number of hydrogen-bond acceptors (Lipinski definition) is 3. The van der Waals surface area contributed by atoms with Gasteiger partial charge in [0.05, 0.1) is 12.1 Å². The van der Waals surface area contributed by atoms with E-state index in [0.717, 1.165) is 23.8 Å². The number of anilines is 1. The lowest BCUT2D eigenvalue weighted by Crippen LogP contribution is -2.34. The van der Waals surface area contributed by atoms with Crippen LogP contribution in [-0.2, 0) is 23.2 Å². The van der Waals surface area contributed by atoms with Crippen LogP contribution in [0.25, 0.3) is 0 Å². The molecule has 0 bridgehead atoms. The normalized spacial score (nSPS) is 17.2. The van der Waals surface area contributed by atoms with Crippen molar-refractivity contribution in [2.75, 3.05) is 18.5 Å². The summed E-state index contributed by atoms with van der Waals surface area (Å²) >= 11 is 0. The second kappa shape index (κ2) is 6.62. The Hall–Kier alpha value is -2.77. The number of aryl methyl sites for hydroxylation is 1. The summed E-state index contributed by atoms with van der Waals surface area (Å²) in [5.74, 6) is -2.56. The number of aromatic nitrogens is 2. The van der Waals surface area contributed by atoms with E-state index in [1.165, 1.54) is 9.80 Å². The van der Waals surface area contributed by atoms with E-state index in [9.17, 15) is 18.4 Å². The standard InChI is InChI=1S/C17H18F2N4O2/c1-21(8-11-7-20-22(2)9-11)17(25)12-3-16(24)23(10-12)15-5-13(18)4-14(19)6-15/h4-7,9,12H,3,8,10H2,1-2H3. The van der Waals surface area contributed by atoms with Crippen LogP contribution in [0.4, 0.5) is 14.5 Å². The highest BCUT2D eigenvalue weighted by Crippen LogP contribution is 2.27. The molecule has 0 aliphatic carbocycles. The van der Waals surface area contributed by atoms with Crippen molar-refractivity contribution in [2.45, 2.75) is 13.0 Å². The van der Waals surface area contributed by atoms with Gasteiger partial charge in [0.15, 0.2) is 0 Å². The van der Waals surface area contributed by atoms with E-state index in [-0.39, 0.29) is 30.5 Å². The Kier molecular flexibility index (Phi) is 4.52. The van der Waals surface area contributed by atoms with Gasteiger partial charge < -0.3 is 9.80 Å². The molecule has 0 saturated carbocycles. The average Bonchev–Trinajstić information content (AvgIpc) is 3.11. The van der Waals surface area contributed by atoms with Gasteiger partial charge in [0.1, 0.15) is 11.6 Å². The molecule has 1 aromatic heterocycles. The number of nitrogens with zero attached hydrogens (tertiary/aromatic N) is 4. The van der Waals surface area contributed by atoms with Gasteiger partial charge in [-0.25, -0.2) is 8.78 Å². The topological polar surface area (TPSA) is 58.4 Å². The average molecular weight is 348 g/mol. The maximum atomic E-state index is 13.4. The van der Waals surface area contributed by atoms with Crippen LogP contribution < -0.4 is 4.90 Å². The molecule has 2 aromatic rings. The van der Waals surface area contributed by atoms with Crippen LogP contribution in [-0.4, -0.2) is 40.1 Å².